The Bertz CT molecular complexity index is 2370. The van der Waals surface area contributed by atoms with Gasteiger partial charge in [0.15, 0.2) is 17.3 Å². The van der Waals surface area contributed by atoms with E-state index in [4.69, 9.17) is 26.6 Å². The van der Waals surface area contributed by atoms with E-state index in [-0.39, 0.29) is 18.1 Å². The van der Waals surface area contributed by atoms with Gasteiger partial charge in [-0.2, -0.15) is 5.26 Å². The second kappa shape index (κ2) is 15.7. The first kappa shape index (κ1) is 36.4. The van der Waals surface area contributed by atoms with Gasteiger partial charge in [0.25, 0.3) is 5.91 Å². The second-order valence-electron chi connectivity index (χ2n) is 14.3. The molecule has 0 spiro atoms. The summed E-state index contributed by atoms with van der Waals surface area (Å²) in [5, 5.41) is 31.1. The lowest BCUT2D eigenvalue weighted by Gasteiger charge is -2.30. The van der Waals surface area contributed by atoms with Crippen LogP contribution in [-0.4, -0.2) is 61.8 Å². The Morgan fingerprint density at radius 3 is 2.44 bits per heavy atom. The number of thiophene rings is 1. The van der Waals surface area contributed by atoms with E-state index in [2.05, 4.69) is 91.2 Å². The van der Waals surface area contributed by atoms with Crippen LogP contribution in [0.5, 0.6) is 5.75 Å². The number of anilines is 1. The number of carbonyl (C=O) groups excluding carboxylic acids is 1. The third-order valence-electron chi connectivity index (χ3n) is 10.7. The topological polar surface area (TPSA) is 134 Å². The Morgan fingerprint density at radius 2 is 1.73 bits per heavy atom. The van der Waals surface area contributed by atoms with Crippen molar-refractivity contribution in [2.24, 2.45) is 10.9 Å². The number of fused-ring (bicyclic) bond motifs is 3. The van der Waals surface area contributed by atoms with Crippen molar-refractivity contribution in [1.82, 2.24) is 30.3 Å². The number of ether oxygens (including phenoxy) is 1. The van der Waals surface area contributed by atoms with Gasteiger partial charge < -0.3 is 15.0 Å². The third kappa shape index (κ3) is 7.71. The van der Waals surface area contributed by atoms with Gasteiger partial charge in [-0.15, -0.1) is 31.7 Å². The van der Waals surface area contributed by atoms with Crippen LogP contribution in [0.15, 0.2) is 59.6 Å². The van der Waals surface area contributed by atoms with E-state index in [1.807, 2.05) is 13.0 Å². The predicted molar refractivity (Wildman–Crippen MR) is 213 cm³/mol. The molecule has 3 aliphatic rings. The van der Waals surface area contributed by atoms with Gasteiger partial charge in [0.1, 0.15) is 29.2 Å². The van der Waals surface area contributed by atoms with E-state index in [0.717, 1.165) is 96.5 Å². The quantitative estimate of drug-likeness (QED) is 0.178. The fourth-order valence-electron chi connectivity index (χ4n) is 7.48. The van der Waals surface area contributed by atoms with E-state index in [9.17, 15) is 4.79 Å². The molecule has 2 aliphatic heterocycles. The van der Waals surface area contributed by atoms with Gasteiger partial charge in [0.2, 0.25) is 0 Å². The SMILES string of the molecule is Cc1sc2c(c1C)C(c1ccc(C#CC3CCN(c4ccc(C(=O)N[C@H]5CC[C@H](Oc6ccc(C#N)c(Cl)c6)CC5)nn4)CC3)cc1)=NCc1nnc(C)n1-2. The van der Waals surface area contributed by atoms with Crippen molar-refractivity contribution in [3.8, 4) is 28.7 Å². The largest absolute Gasteiger partial charge is 0.490 e. The summed E-state index contributed by atoms with van der Waals surface area (Å²) in [7, 11) is 0. The molecule has 1 N–H and O–H groups in total. The van der Waals surface area contributed by atoms with Crippen molar-refractivity contribution in [1.29, 1.82) is 5.26 Å². The van der Waals surface area contributed by atoms with Crippen LogP contribution < -0.4 is 15.0 Å². The number of nitrogens with one attached hydrogen (secondary N) is 1. The van der Waals surface area contributed by atoms with Gasteiger partial charge in [-0.1, -0.05) is 35.6 Å². The molecule has 0 bridgehead atoms. The zero-order valence-corrected chi connectivity index (χ0v) is 32.5. The van der Waals surface area contributed by atoms with Crippen LogP contribution in [0.25, 0.3) is 5.00 Å². The lowest BCUT2D eigenvalue weighted by atomic mass is 9.93. The summed E-state index contributed by atoms with van der Waals surface area (Å²) >= 11 is 7.92. The van der Waals surface area contributed by atoms with Crippen molar-refractivity contribution >= 4 is 40.4 Å². The number of aryl methyl sites for hydroxylation is 2. The fraction of sp³-hybridized carbons (Fsp3) is 0.357. The number of nitrogens with zero attached hydrogens (tertiary/aromatic N) is 8. The molecule has 13 heteroatoms. The highest BCUT2D eigenvalue weighted by molar-refractivity contribution is 7.15. The number of nitriles is 1. The first-order valence-corrected chi connectivity index (χ1v) is 19.9. The van der Waals surface area contributed by atoms with Gasteiger partial charge in [0.05, 0.1) is 22.4 Å². The van der Waals surface area contributed by atoms with Crippen LogP contribution in [0.3, 0.4) is 0 Å². The molecule has 3 aromatic heterocycles. The zero-order chi connectivity index (χ0) is 38.1. The number of benzene rings is 2. The van der Waals surface area contributed by atoms with Crippen molar-refractivity contribution < 1.29 is 9.53 Å². The molecule has 8 rings (SSSR count). The summed E-state index contributed by atoms with van der Waals surface area (Å²) in [6.07, 6.45) is 5.10. The van der Waals surface area contributed by atoms with Crippen molar-refractivity contribution in [2.45, 2.75) is 78.0 Å². The highest BCUT2D eigenvalue weighted by atomic mass is 35.5. The number of hydrogen-bond acceptors (Lipinski definition) is 10. The molecular formula is C42H40ClN9O2S. The summed E-state index contributed by atoms with van der Waals surface area (Å²) in [6, 6.07) is 19.3. The molecule has 1 amide bonds. The van der Waals surface area contributed by atoms with Gasteiger partial charge in [-0.25, -0.2) is 0 Å². The first-order valence-electron chi connectivity index (χ1n) is 18.7. The molecule has 1 saturated heterocycles. The van der Waals surface area contributed by atoms with Gasteiger partial charge in [-0.3, -0.25) is 14.4 Å². The van der Waals surface area contributed by atoms with E-state index in [1.165, 1.54) is 10.4 Å². The standard InChI is InChI=1S/C42H40ClN9O2S/c1-25-26(2)55-42-39(25)40(45-24-38-50-47-27(3)52(38)42)30-8-6-28(7-9-30)4-5-29-18-20-51(21-19-29)37-17-16-36(48-49-37)41(53)46-32-11-14-33(15-12-32)54-34-13-10-31(23-44)35(43)22-34/h6-10,13,16-17,22,29,32-33H,11-12,14-15,18-21,24H2,1-3H3,(H,46,53)/t32-,33-. The maximum Gasteiger partial charge on any atom is 0.272 e. The molecule has 5 aromatic rings. The van der Waals surface area contributed by atoms with E-state index in [0.29, 0.717) is 34.5 Å². The monoisotopic (exact) mass is 769 g/mol. The van der Waals surface area contributed by atoms with Crippen LogP contribution in [0.1, 0.15) is 93.4 Å². The fourth-order valence-corrected chi connectivity index (χ4v) is 8.92. The number of carbonyl (C=O) groups is 1. The molecule has 0 atom stereocenters. The van der Waals surface area contributed by atoms with Crippen molar-refractivity contribution in [3.63, 3.8) is 0 Å². The minimum Gasteiger partial charge on any atom is -0.490 e. The number of aromatic nitrogens is 5. The maximum atomic E-state index is 13.0. The van der Waals surface area contributed by atoms with Crippen LogP contribution in [0, 0.1) is 49.9 Å². The summed E-state index contributed by atoms with van der Waals surface area (Å²) in [5.41, 5.74) is 6.19. The smallest absolute Gasteiger partial charge is 0.272 e. The molecule has 1 aliphatic carbocycles. The normalized spacial score (nSPS) is 18.2. The maximum absolute atomic E-state index is 13.0. The zero-order valence-electron chi connectivity index (χ0n) is 31.0. The van der Waals surface area contributed by atoms with Crippen LogP contribution in [0.2, 0.25) is 5.02 Å². The van der Waals surface area contributed by atoms with Crippen molar-refractivity contribution in [3.05, 3.63) is 110 Å². The lowest BCUT2D eigenvalue weighted by molar-refractivity contribution is 0.0888. The third-order valence-corrected chi connectivity index (χ3v) is 12.2. The Kier molecular flexibility index (Phi) is 10.4. The number of rotatable bonds is 6. The minimum atomic E-state index is -0.215. The summed E-state index contributed by atoms with van der Waals surface area (Å²) in [4.78, 5) is 21.5. The molecule has 11 nitrogen and oxygen atoms in total. The molecule has 55 heavy (non-hydrogen) atoms. The molecule has 278 valence electrons. The Balaban J connectivity index is 0.814. The Labute approximate surface area is 329 Å². The van der Waals surface area contributed by atoms with E-state index >= 15 is 0 Å². The average molecular weight is 770 g/mol. The Hall–Kier alpha value is -5.56. The average Bonchev–Trinajstić information content (AvgIpc) is 3.66. The number of aliphatic imine (C=N–C) groups is 1. The molecule has 1 saturated carbocycles. The summed E-state index contributed by atoms with van der Waals surface area (Å²) < 4.78 is 8.23. The number of hydrogen-bond donors (Lipinski definition) is 1. The highest BCUT2D eigenvalue weighted by Crippen LogP contribution is 2.36. The number of piperidine rings is 1. The van der Waals surface area contributed by atoms with Crippen LogP contribution in [0.4, 0.5) is 5.82 Å². The predicted octanol–water partition coefficient (Wildman–Crippen LogP) is 7.31. The van der Waals surface area contributed by atoms with E-state index < -0.39 is 0 Å². The number of amides is 1. The molecule has 0 radical (unpaired) electrons. The highest BCUT2D eigenvalue weighted by Gasteiger charge is 2.28. The molecule has 0 unspecified atom stereocenters. The summed E-state index contributed by atoms with van der Waals surface area (Å²) in [5.74, 6) is 10.2. The molecule has 2 aromatic carbocycles. The minimum absolute atomic E-state index is 0.0330. The van der Waals surface area contributed by atoms with Gasteiger partial charge in [-0.05, 0) is 101 Å². The van der Waals surface area contributed by atoms with Crippen LogP contribution >= 0.6 is 22.9 Å². The van der Waals surface area contributed by atoms with Crippen molar-refractivity contribution in [2.75, 3.05) is 18.0 Å². The van der Waals surface area contributed by atoms with Gasteiger partial charge in [0, 0.05) is 52.7 Å². The summed E-state index contributed by atoms with van der Waals surface area (Å²) in [6.45, 7) is 8.45. The molecule has 5 heterocycles. The van der Waals surface area contributed by atoms with Crippen LogP contribution in [-0.2, 0) is 6.54 Å². The van der Waals surface area contributed by atoms with E-state index in [1.54, 1.807) is 35.6 Å². The molecular weight excluding hydrogens is 730 g/mol. The lowest BCUT2D eigenvalue weighted by Crippen LogP contribution is -2.40. The Morgan fingerprint density at radius 1 is 0.945 bits per heavy atom. The first-order chi connectivity index (χ1) is 26.7. The van der Waals surface area contributed by atoms with Gasteiger partial charge >= 0.3 is 0 Å². The second-order valence-corrected chi connectivity index (χ2v) is 15.9. The number of halogens is 1. The molecule has 2 fully saturated rings.